The molecule has 49 heavy (non-hydrogen) atoms. The molecule has 0 spiro atoms. The molecule has 0 bridgehead atoms. The summed E-state index contributed by atoms with van der Waals surface area (Å²) in [6.07, 6.45) is 24.1. The van der Waals surface area contributed by atoms with E-state index in [0.29, 0.717) is 25.0 Å². The fourth-order valence-corrected chi connectivity index (χ4v) is 4.96. The Morgan fingerprint density at radius 1 is 0.939 bits per heavy atom. The van der Waals surface area contributed by atoms with Gasteiger partial charge in [0.2, 0.25) is 6.41 Å². The van der Waals surface area contributed by atoms with Gasteiger partial charge in [0, 0.05) is 12.8 Å². The molecule has 1 amide bonds. The minimum Gasteiger partial charge on any atom is -0.493 e. The number of nitrogens with one attached hydrogen (secondary N) is 1. The topological polar surface area (TPSA) is 160 Å². The second kappa shape index (κ2) is 31.3. The van der Waals surface area contributed by atoms with Crippen molar-refractivity contribution in [3.8, 4) is 11.5 Å². The van der Waals surface area contributed by atoms with E-state index in [4.69, 9.17) is 14.2 Å². The maximum atomic E-state index is 12.0. The first-order chi connectivity index (χ1) is 23.7. The van der Waals surface area contributed by atoms with Gasteiger partial charge in [0.1, 0.15) is 12.3 Å². The summed E-state index contributed by atoms with van der Waals surface area (Å²) in [5, 5.41) is 11.2. The van der Waals surface area contributed by atoms with E-state index in [0.717, 1.165) is 25.2 Å². The average Bonchev–Trinajstić information content (AvgIpc) is 3.62. The van der Waals surface area contributed by atoms with Gasteiger partial charge >= 0.3 is 11.9 Å². The number of carbonyl (C=O) groups excluding carboxylic acids is 4. The molecule has 1 aromatic rings. The van der Waals surface area contributed by atoms with Crippen molar-refractivity contribution in [1.82, 2.24) is 5.32 Å². The smallest absolute Gasteiger partial charge is 0.338 e. The van der Waals surface area contributed by atoms with E-state index in [9.17, 15) is 29.3 Å². The number of carbonyl (C=O) groups is 4. The number of ether oxygens (including phenoxy) is 3. The molecule has 0 atom stereocenters. The Bertz CT molecular complexity index is 1090. The first-order valence-corrected chi connectivity index (χ1v) is 17.8. The van der Waals surface area contributed by atoms with E-state index < -0.39 is 17.0 Å². The molecule has 1 saturated carbocycles. The summed E-state index contributed by atoms with van der Waals surface area (Å²) in [5.74, 6) is 0.283. The second-order valence-corrected chi connectivity index (χ2v) is 11.8. The van der Waals surface area contributed by atoms with Crippen LogP contribution >= 0.6 is 0 Å². The summed E-state index contributed by atoms with van der Waals surface area (Å²) < 4.78 is 15.1. The molecule has 1 N–H and O–H groups in total. The molecule has 278 valence electrons. The van der Waals surface area contributed by atoms with Crippen LogP contribution in [0.25, 0.3) is 0 Å². The molecule has 0 aliphatic heterocycles. The number of Topliss-reactive ketones (excluding diaryl/α,β-unsaturated/α-hetero) is 1. The van der Waals surface area contributed by atoms with Crippen LogP contribution in [0, 0.1) is 16.0 Å². The number of methoxy groups -OCH3 is 1. The first-order valence-electron chi connectivity index (χ1n) is 17.8. The van der Waals surface area contributed by atoms with Gasteiger partial charge in [-0.25, -0.2) is 9.59 Å². The SMILES string of the molecule is C/C=C\CCCC.CCCCCCCC(=O)CCC1CCCC1.COc1cc(C(=O)OCCCCO[N+](=O)[O-])ccc1OC(=O)CNC=O. The number of esters is 2. The molecule has 0 saturated heterocycles. The number of rotatable bonds is 24. The molecule has 1 fully saturated rings. The van der Waals surface area contributed by atoms with Crippen LogP contribution in [0.4, 0.5) is 0 Å². The van der Waals surface area contributed by atoms with Crippen molar-refractivity contribution in [3.05, 3.63) is 46.0 Å². The summed E-state index contributed by atoms with van der Waals surface area (Å²) in [7, 11) is 1.33. The van der Waals surface area contributed by atoms with Crippen molar-refractivity contribution in [1.29, 1.82) is 0 Å². The van der Waals surface area contributed by atoms with E-state index in [-0.39, 0.29) is 36.8 Å². The highest BCUT2D eigenvalue weighted by Crippen LogP contribution is 2.29. The Hall–Kier alpha value is -3.96. The third-order valence-electron chi connectivity index (χ3n) is 7.75. The van der Waals surface area contributed by atoms with E-state index in [1.807, 2.05) is 0 Å². The van der Waals surface area contributed by atoms with Crippen LogP contribution in [0.1, 0.15) is 140 Å². The van der Waals surface area contributed by atoms with E-state index in [1.54, 1.807) is 0 Å². The highest BCUT2D eigenvalue weighted by Gasteiger charge is 2.16. The Balaban J connectivity index is 0.000000844. The molecule has 0 heterocycles. The molecular weight excluding hydrogens is 632 g/mol. The lowest BCUT2D eigenvalue weighted by Crippen LogP contribution is -2.25. The predicted molar refractivity (Wildman–Crippen MR) is 189 cm³/mol. The van der Waals surface area contributed by atoms with E-state index in [2.05, 4.69) is 43.1 Å². The van der Waals surface area contributed by atoms with Crippen LogP contribution < -0.4 is 14.8 Å². The zero-order chi connectivity index (χ0) is 36.5. The van der Waals surface area contributed by atoms with Gasteiger partial charge in [-0.2, -0.15) is 0 Å². The number of ketones is 1. The monoisotopic (exact) mass is 692 g/mol. The van der Waals surface area contributed by atoms with Crippen LogP contribution in [0.3, 0.4) is 0 Å². The lowest BCUT2D eigenvalue weighted by Gasteiger charge is -2.11. The van der Waals surface area contributed by atoms with Gasteiger partial charge in [-0.15, -0.1) is 10.1 Å². The zero-order valence-corrected chi connectivity index (χ0v) is 30.2. The number of amides is 1. The highest BCUT2D eigenvalue weighted by molar-refractivity contribution is 5.90. The number of unbranched alkanes of at least 4 members (excludes halogenated alkanes) is 7. The molecule has 0 radical (unpaired) electrons. The largest absolute Gasteiger partial charge is 0.493 e. The Morgan fingerprint density at radius 3 is 2.27 bits per heavy atom. The quantitative estimate of drug-likeness (QED) is 0.0213. The molecule has 2 rings (SSSR count). The molecule has 12 nitrogen and oxygen atoms in total. The lowest BCUT2D eigenvalue weighted by atomic mass is 9.98. The maximum absolute atomic E-state index is 12.0. The molecule has 0 unspecified atom stereocenters. The number of allylic oxidation sites excluding steroid dienone is 2. The van der Waals surface area contributed by atoms with Crippen LogP contribution in [-0.4, -0.2) is 56.1 Å². The van der Waals surface area contributed by atoms with Crippen molar-refractivity contribution in [2.24, 2.45) is 5.92 Å². The standard InChI is InChI=1S/C15H18N2O9.C15H28O.C7H14/c1-23-13-8-11(4-5-12(13)26-14(19)9-16-10-18)15(20)24-6-2-3-7-25-17(21)22;1-2-3-4-5-6-11-15(16)13-12-14-9-7-8-10-14;1-3-5-7-6-4-2/h4-5,8,10H,2-3,6-7,9H2,1H3,(H,16,18);14H,2-13H2,1H3;3,5H,4,6-7H2,1-2H3/b;;5-3-. The minimum absolute atomic E-state index is 0.0658. The third kappa shape index (κ3) is 25.7. The van der Waals surface area contributed by atoms with Gasteiger partial charge in [-0.3, -0.25) is 9.59 Å². The Labute approximate surface area is 292 Å². The number of nitrogens with zero attached hydrogens (tertiary/aromatic N) is 1. The van der Waals surface area contributed by atoms with Crippen LogP contribution in [-0.2, 0) is 24.0 Å². The number of benzene rings is 1. The molecule has 1 aromatic carbocycles. The number of hydrogen-bond donors (Lipinski definition) is 1. The van der Waals surface area contributed by atoms with Gasteiger partial charge in [-0.05, 0) is 63.1 Å². The van der Waals surface area contributed by atoms with Crippen molar-refractivity contribution in [2.75, 3.05) is 26.9 Å². The maximum Gasteiger partial charge on any atom is 0.338 e. The third-order valence-corrected chi connectivity index (χ3v) is 7.75. The van der Waals surface area contributed by atoms with Gasteiger partial charge in [-0.1, -0.05) is 90.2 Å². The fourth-order valence-electron chi connectivity index (χ4n) is 4.96. The Kier molecular flexibility index (Phi) is 28.8. The van der Waals surface area contributed by atoms with Crippen LogP contribution in [0.5, 0.6) is 11.5 Å². The van der Waals surface area contributed by atoms with Crippen molar-refractivity contribution in [2.45, 2.75) is 130 Å². The second-order valence-electron chi connectivity index (χ2n) is 11.8. The molecular formula is C37H60N2O10. The predicted octanol–water partition coefficient (Wildman–Crippen LogP) is 8.13. The van der Waals surface area contributed by atoms with E-state index in [1.165, 1.54) is 102 Å². The highest BCUT2D eigenvalue weighted by atomic mass is 16.9. The zero-order valence-electron chi connectivity index (χ0n) is 30.2. The van der Waals surface area contributed by atoms with Gasteiger partial charge < -0.3 is 24.4 Å². The van der Waals surface area contributed by atoms with Gasteiger partial charge in [0.05, 0.1) is 25.9 Å². The molecule has 0 aromatic heterocycles. The summed E-state index contributed by atoms with van der Waals surface area (Å²) in [6.45, 7) is 6.19. The van der Waals surface area contributed by atoms with Gasteiger partial charge in [0.25, 0.3) is 5.09 Å². The van der Waals surface area contributed by atoms with Gasteiger partial charge in [0.15, 0.2) is 11.5 Å². The fraction of sp³-hybridized carbons (Fsp3) is 0.676. The Morgan fingerprint density at radius 2 is 1.63 bits per heavy atom. The van der Waals surface area contributed by atoms with Crippen molar-refractivity contribution < 1.29 is 43.3 Å². The number of hydrogen-bond acceptors (Lipinski definition) is 10. The summed E-state index contributed by atoms with van der Waals surface area (Å²) in [6, 6.07) is 4.09. The normalized spacial score (nSPS) is 12.2. The van der Waals surface area contributed by atoms with Crippen LogP contribution in [0.2, 0.25) is 0 Å². The van der Waals surface area contributed by atoms with E-state index >= 15 is 0 Å². The molecule has 1 aliphatic carbocycles. The van der Waals surface area contributed by atoms with Crippen LogP contribution in [0.15, 0.2) is 30.4 Å². The first kappa shape index (κ1) is 45.0. The minimum atomic E-state index is -0.887. The molecule has 1 aliphatic rings. The summed E-state index contributed by atoms with van der Waals surface area (Å²) in [5.41, 5.74) is 0.175. The van der Waals surface area contributed by atoms with Crippen molar-refractivity contribution in [3.63, 3.8) is 0 Å². The summed E-state index contributed by atoms with van der Waals surface area (Å²) in [4.78, 5) is 59.3. The van der Waals surface area contributed by atoms with Crippen molar-refractivity contribution >= 4 is 24.1 Å². The summed E-state index contributed by atoms with van der Waals surface area (Å²) >= 11 is 0. The molecule has 12 heteroatoms. The average molecular weight is 693 g/mol. The lowest BCUT2D eigenvalue weighted by molar-refractivity contribution is -0.757.